The van der Waals surface area contributed by atoms with Crippen molar-refractivity contribution in [3.8, 4) is 148 Å². The lowest BCUT2D eigenvalue weighted by atomic mass is 10.0. The molecule has 0 spiro atoms. The Kier molecular flexibility index (Phi) is 21.3. The molecule has 29 aromatic rings. The summed E-state index contributed by atoms with van der Waals surface area (Å²) in [5, 5.41) is 24.2. The third-order valence-corrected chi connectivity index (χ3v) is 29.8. The molecule has 0 aliphatic rings. The molecule has 0 radical (unpaired) electrons. The number of benzene rings is 20. The number of furan rings is 1. The van der Waals surface area contributed by atoms with E-state index in [1.54, 1.807) is 6.07 Å². The summed E-state index contributed by atoms with van der Waals surface area (Å²) in [7, 11) is 0. The summed E-state index contributed by atoms with van der Waals surface area (Å²) in [5.41, 5.74) is 25.2. The van der Waals surface area contributed by atoms with E-state index in [1.165, 1.54) is 89.3 Å². The lowest BCUT2D eigenvalue weighted by molar-refractivity contribution is 0.671. The molecule has 14 nitrogen and oxygen atoms in total. The van der Waals surface area contributed by atoms with Crippen LogP contribution in [0.3, 0.4) is 0 Å². The van der Waals surface area contributed by atoms with Crippen LogP contribution in [0.1, 0.15) is 5.56 Å². The summed E-state index contributed by atoms with van der Waals surface area (Å²) < 4.78 is 18.8. The normalized spacial score (nSPS) is 11.6. The fraction of sp³-hybridized carbons (Fsp3) is 0. The van der Waals surface area contributed by atoms with Crippen LogP contribution in [-0.2, 0) is 0 Å². The third kappa shape index (κ3) is 15.4. The maximum atomic E-state index is 9.50. The number of rotatable bonds is 14. The maximum absolute atomic E-state index is 9.50. The van der Waals surface area contributed by atoms with Crippen molar-refractivity contribution in [3.63, 3.8) is 0 Å². The van der Waals surface area contributed by atoms with Gasteiger partial charge in [0, 0.05) is 141 Å². The Morgan fingerprint density at radius 3 is 0.836 bits per heavy atom. The van der Waals surface area contributed by atoms with Crippen LogP contribution in [0.25, 0.3) is 270 Å². The van der Waals surface area contributed by atoms with Gasteiger partial charge in [0.15, 0.2) is 58.0 Å². The van der Waals surface area contributed by atoms with E-state index in [2.05, 4.69) is 359 Å². The van der Waals surface area contributed by atoms with E-state index in [9.17, 15) is 5.26 Å². The molecule has 0 aliphatic heterocycles. The summed E-state index contributed by atoms with van der Waals surface area (Å²) in [6.45, 7) is 0. The number of nitriles is 1. The molecule has 9 heterocycles. The van der Waals surface area contributed by atoms with Gasteiger partial charge in [-0.25, -0.2) is 44.9 Å². The zero-order chi connectivity index (χ0) is 96.7. The predicted octanol–water partition coefficient (Wildman–Crippen LogP) is 33.7. The Bertz CT molecular complexity index is 9810. The van der Waals surface area contributed by atoms with E-state index in [-0.39, 0.29) is 0 Å². The summed E-state index contributed by atoms with van der Waals surface area (Å²) in [6, 6.07) is 168. The highest BCUT2D eigenvalue weighted by atomic mass is 32.1. The largest absolute Gasteiger partial charge is 0.454 e. The molecule has 0 saturated carbocycles. The van der Waals surface area contributed by atoms with Crippen LogP contribution >= 0.6 is 22.7 Å². The Hall–Kier alpha value is -19.4. The van der Waals surface area contributed by atoms with Gasteiger partial charge in [0.1, 0.15) is 5.58 Å². The van der Waals surface area contributed by atoms with Crippen LogP contribution in [0.4, 0.5) is 0 Å². The first-order valence-corrected chi connectivity index (χ1v) is 50.0. The third-order valence-electron chi connectivity index (χ3n) is 27.4. The molecule has 0 unspecified atom stereocenters. The SMILES string of the molecule is N#Cc1cccc(-c2nc(-c3ccccc3)nc(-c3ccc(-n4c5ccccc5c5ccc6c7ccccc7sc6c54)cc3)n2)c1.c1ccc(-c2cccc(-c3nc(-c4ccccc4)nc(-c4ccc(-n5c6ccccc6c6ccc7c8ccccc8oc7c65)cc4)n3)c2)cc1.c1ccc(-c2cccc(-c3nc(-c4ccccc4)nc(-c4ccc(-n5c6ccccc6c6ccc7c8ccccc8sc7c65)cc4)n3)c2)cc1. The fourth-order valence-corrected chi connectivity index (χ4v) is 23.0. The topological polar surface area (TPSA) is 168 Å². The molecule has 29 rings (SSSR count). The maximum Gasteiger partial charge on any atom is 0.164 e. The molecule has 0 bridgehead atoms. The molecular weight excluding hydrogens is 1820 g/mol. The van der Waals surface area contributed by atoms with Crippen LogP contribution in [0, 0.1) is 11.3 Å². The number of hydrogen-bond acceptors (Lipinski definition) is 13. The van der Waals surface area contributed by atoms with Crippen molar-refractivity contribution in [2.24, 2.45) is 0 Å². The smallest absolute Gasteiger partial charge is 0.164 e. The second kappa shape index (κ2) is 36.3. The molecule has 9 aromatic heterocycles. The van der Waals surface area contributed by atoms with E-state index in [0.717, 1.165) is 128 Å². The van der Waals surface area contributed by atoms with Crippen molar-refractivity contribution in [1.82, 2.24) is 58.6 Å². The van der Waals surface area contributed by atoms with Crippen molar-refractivity contribution in [2.45, 2.75) is 0 Å². The number of nitrogens with zero attached hydrogens (tertiary/aromatic N) is 13. The fourth-order valence-electron chi connectivity index (χ4n) is 20.5. The first-order valence-electron chi connectivity index (χ1n) is 48.4. The number of fused-ring (bicyclic) bond motifs is 21. The van der Waals surface area contributed by atoms with Crippen LogP contribution in [0.2, 0.25) is 0 Å². The number of para-hydroxylation sites is 4. The number of hydrogen-bond donors (Lipinski definition) is 0. The Balaban J connectivity index is 0.000000109. The van der Waals surface area contributed by atoms with Gasteiger partial charge in [-0.1, -0.05) is 340 Å². The molecule has 0 atom stereocenters. The van der Waals surface area contributed by atoms with E-state index in [0.29, 0.717) is 58.0 Å². The molecule has 0 fully saturated rings. The molecule has 682 valence electrons. The summed E-state index contributed by atoms with van der Waals surface area (Å²) >= 11 is 3.71. The second-order valence-electron chi connectivity index (χ2n) is 36.1. The van der Waals surface area contributed by atoms with E-state index in [4.69, 9.17) is 49.3 Å². The Morgan fingerprint density at radius 1 is 0.192 bits per heavy atom. The monoisotopic (exact) mass is 1900 g/mol. The van der Waals surface area contributed by atoms with Crippen LogP contribution in [0.5, 0.6) is 0 Å². The summed E-state index contributed by atoms with van der Waals surface area (Å²) in [4.78, 5) is 44.7. The molecule has 0 N–H and O–H groups in total. The average molecular weight is 1900 g/mol. The van der Waals surface area contributed by atoms with Crippen molar-refractivity contribution in [1.29, 1.82) is 5.26 Å². The molecule has 0 amide bonds. The minimum Gasteiger partial charge on any atom is -0.454 e. The lowest BCUT2D eigenvalue weighted by Crippen LogP contribution is -2.00. The van der Waals surface area contributed by atoms with Gasteiger partial charge in [-0.05, 0) is 162 Å². The van der Waals surface area contributed by atoms with Crippen molar-refractivity contribution >= 4 is 150 Å². The van der Waals surface area contributed by atoms with Gasteiger partial charge in [0.25, 0.3) is 0 Å². The molecule has 20 aromatic carbocycles. The average Bonchev–Trinajstić information content (AvgIpc) is 1.57. The van der Waals surface area contributed by atoms with Crippen LogP contribution in [0.15, 0.2) is 484 Å². The summed E-state index contributed by atoms with van der Waals surface area (Å²) in [5.74, 6) is 5.50. The highest BCUT2D eigenvalue weighted by Gasteiger charge is 2.26. The van der Waals surface area contributed by atoms with E-state index >= 15 is 0 Å². The zero-order valence-electron chi connectivity index (χ0n) is 78.1. The quantitative estimate of drug-likeness (QED) is 0.102. The lowest BCUT2D eigenvalue weighted by Gasteiger charge is -2.11. The van der Waals surface area contributed by atoms with Gasteiger partial charge in [-0.2, -0.15) is 5.26 Å². The highest BCUT2D eigenvalue weighted by molar-refractivity contribution is 7.27. The van der Waals surface area contributed by atoms with Gasteiger partial charge < -0.3 is 18.1 Å². The minimum atomic E-state index is 0.527. The van der Waals surface area contributed by atoms with Gasteiger partial charge in [-0.3, -0.25) is 0 Å². The molecule has 146 heavy (non-hydrogen) atoms. The Morgan fingerprint density at radius 2 is 0.459 bits per heavy atom. The highest BCUT2D eigenvalue weighted by Crippen LogP contribution is 2.48. The Labute approximate surface area is 845 Å². The summed E-state index contributed by atoms with van der Waals surface area (Å²) in [6.07, 6.45) is 0. The predicted molar refractivity (Wildman–Crippen MR) is 600 cm³/mol. The zero-order valence-corrected chi connectivity index (χ0v) is 79.8. The molecule has 0 aliphatic carbocycles. The van der Waals surface area contributed by atoms with Crippen molar-refractivity contribution < 1.29 is 4.42 Å². The van der Waals surface area contributed by atoms with Crippen LogP contribution < -0.4 is 0 Å². The molecule has 16 heteroatoms. The standard InChI is InChI=1S/C45H28N4O.C45H28N4S.C40H23N5S/c2*1-3-12-29(13-4-1)32-16-11-17-33(28-32)45-47-43(30-14-5-2-6-15-30)46-44(48-45)31-22-24-34(25-23-31)49-39-20-9-7-18-35(39)37-26-27-38-36-19-8-10-21-40(36)50-42(38)41(37)49;41-24-25-9-8-12-28(23-25)40-43-38(26-10-2-1-3-11-26)42-39(44-40)27-17-19-29(20-18-27)45-34-15-6-4-13-30(34)32-21-22-33-31-14-5-7-16-35(31)46-37(33)36(32)45/h2*1-28H;1-23H. The van der Waals surface area contributed by atoms with Crippen molar-refractivity contribution in [3.05, 3.63) is 485 Å². The van der Waals surface area contributed by atoms with E-state index < -0.39 is 0 Å². The molecular formula is C130H79N13OS2. The van der Waals surface area contributed by atoms with Crippen LogP contribution in [-0.4, -0.2) is 58.6 Å². The van der Waals surface area contributed by atoms with Gasteiger partial charge in [0.05, 0.1) is 54.1 Å². The van der Waals surface area contributed by atoms with Gasteiger partial charge >= 0.3 is 0 Å². The van der Waals surface area contributed by atoms with Crippen molar-refractivity contribution in [2.75, 3.05) is 0 Å². The van der Waals surface area contributed by atoms with Gasteiger partial charge in [0.2, 0.25) is 0 Å². The second-order valence-corrected chi connectivity index (χ2v) is 38.2. The first-order chi connectivity index (χ1) is 72.3. The first kappa shape index (κ1) is 85.7. The number of aromatic nitrogens is 12. The molecule has 0 saturated heterocycles. The van der Waals surface area contributed by atoms with E-state index in [1.807, 2.05) is 156 Å². The number of thiophene rings is 2. The minimum absolute atomic E-state index is 0.527. The van der Waals surface area contributed by atoms with Gasteiger partial charge in [-0.15, -0.1) is 22.7 Å².